The van der Waals surface area contributed by atoms with Gasteiger partial charge in [0.2, 0.25) is 0 Å². The van der Waals surface area contributed by atoms with Gasteiger partial charge in [-0.25, -0.2) is 4.98 Å². The topological polar surface area (TPSA) is 31.0 Å². The first-order valence-corrected chi connectivity index (χ1v) is 14.2. The molecular formula is C39H24N2O. The Labute approximate surface area is 241 Å². The summed E-state index contributed by atoms with van der Waals surface area (Å²) < 4.78 is 8.80. The molecule has 2 heterocycles. The fourth-order valence-electron chi connectivity index (χ4n) is 6.45. The van der Waals surface area contributed by atoms with Crippen molar-refractivity contribution >= 4 is 54.5 Å². The van der Waals surface area contributed by atoms with E-state index in [1.807, 2.05) is 12.1 Å². The number of benzene rings is 7. The second kappa shape index (κ2) is 8.92. The molecule has 3 nitrogen and oxygen atoms in total. The molecule has 0 spiro atoms. The maximum atomic E-state index is 6.51. The Balaban J connectivity index is 1.39. The molecule has 196 valence electrons. The van der Waals surface area contributed by atoms with Gasteiger partial charge in [0.25, 0.3) is 0 Å². The van der Waals surface area contributed by atoms with E-state index in [0.29, 0.717) is 0 Å². The molecule has 0 radical (unpaired) electrons. The summed E-state index contributed by atoms with van der Waals surface area (Å²) >= 11 is 0. The Morgan fingerprint density at radius 1 is 0.500 bits per heavy atom. The van der Waals surface area contributed by atoms with Crippen LogP contribution in [-0.2, 0) is 0 Å². The predicted octanol–water partition coefficient (Wildman–Crippen LogP) is 10.6. The average Bonchev–Trinajstić information content (AvgIpc) is 3.64. The summed E-state index contributed by atoms with van der Waals surface area (Å²) in [6.07, 6.45) is 0. The second-order valence-electron chi connectivity index (χ2n) is 10.8. The lowest BCUT2D eigenvalue weighted by Gasteiger charge is -2.12. The largest absolute Gasteiger partial charge is 0.455 e. The number of imidazole rings is 1. The molecule has 0 fully saturated rings. The molecule has 7 aromatic carbocycles. The number of hydrogen-bond donors (Lipinski definition) is 0. The van der Waals surface area contributed by atoms with E-state index < -0.39 is 0 Å². The van der Waals surface area contributed by atoms with Crippen molar-refractivity contribution in [3.05, 3.63) is 146 Å². The Kier molecular flexibility index (Phi) is 4.90. The first kappa shape index (κ1) is 23.1. The van der Waals surface area contributed by atoms with Crippen LogP contribution in [0.3, 0.4) is 0 Å². The molecule has 0 atom stereocenters. The lowest BCUT2D eigenvalue weighted by molar-refractivity contribution is 0.669. The third-order valence-corrected chi connectivity index (χ3v) is 8.40. The van der Waals surface area contributed by atoms with Crippen LogP contribution in [0.5, 0.6) is 0 Å². The van der Waals surface area contributed by atoms with Crippen molar-refractivity contribution in [3.8, 4) is 28.2 Å². The fourth-order valence-corrected chi connectivity index (χ4v) is 6.45. The van der Waals surface area contributed by atoms with Gasteiger partial charge in [-0.2, -0.15) is 0 Å². The van der Waals surface area contributed by atoms with E-state index in [1.54, 1.807) is 0 Å². The van der Waals surface area contributed by atoms with Crippen molar-refractivity contribution in [2.45, 2.75) is 0 Å². The number of hydrogen-bond acceptors (Lipinski definition) is 2. The van der Waals surface area contributed by atoms with Crippen molar-refractivity contribution in [2.24, 2.45) is 0 Å². The lowest BCUT2D eigenvalue weighted by atomic mass is 10.0. The quantitative estimate of drug-likeness (QED) is 0.210. The van der Waals surface area contributed by atoms with Crippen LogP contribution in [0.1, 0.15) is 0 Å². The normalized spacial score (nSPS) is 11.8. The number of para-hydroxylation sites is 2. The van der Waals surface area contributed by atoms with Crippen LogP contribution in [0.25, 0.3) is 82.7 Å². The summed E-state index contributed by atoms with van der Waals surface area (Å²) in [5.74, 6) is 0.862. The van der Waals surface area contributed by atoms with Crippen molar-refractivity contribution in [1.82, 2.24) is 9.55 Å². The zero-order chi connectivity index (χ0) is 27.6. The fraction of sp³-hybridized carbons (Fsp3) is 0. The third-order valence-electron chi connectivity index (χ3n) is 8.40. The summed E-state index contributed by atoms with van der Waals surface area (Å²) in [6.45, 7) is 0. The van der Waals surface area contributed by atoms with Gasteiger partial charge in [-0.15, -0.1) is 0 Å². The van der Waals surface area contributed by atoms with Crippen LogP contribution in [-0.4, -0.2) is 9.55 Å². The van der Waals surface area contributed by atoms with Crippen LogP contribution in [0.2, 0.25) is 0 Å². The second-order valence-corrected chi connectivity index (χ2v) is 10.8. The Morgan fingerprint density at radius 3 is 2.17 bits per heavy atom. The smallest absolute Gasteiger partial charge is 0.149 e. The molecule has 9 aromatic rings. The molecule has 0 unspecified atom stereocenters. The molecule has 3 heteroatoms. The van der Waals surface area contributed by atoms with Crippen molar-refractivity contribution < 1.29 is 4.42 Å². The van der Waals surface area contributed by atoms with Gasteiger partial charge in [0.05, 0.1) is 16.6 Å². The monoisotopic (exact) mass is 536 g/mol. The summed E-state index contributed by atoms with van der Waals surface area (Å²) in [5.41, 5.74) is 8.14. The Bertz CT molecular complexity index is 2470. The molecule has 0 N–H and O–H groups in total. The van der Waals surface area contributed by atoms with Gasteiger partial charge in [0.15, 0.2) is 0 Å². The van der Waals surface area contributed by atoms with E-state index in [-0.39, 0.29) is 0 Å². The Hall–Kier alpha value is -5.67. The minimum absolute atomic E-state index is 0.851. The molecule has 0 saturated heterocycles. The van der Waals surface area contributed by atoms with Gasteiger partial charge in [0.1, 0.15) is 17.0 Å². The van der Waals surface area contributed by atoms with E-state index in [2.05, 4.69) is 138 Å². The highest BCUT2D eigenvalue weighted by atomic mass is 16.3. The van der Waals surface area contributed by atoms with Crippen molar-refractivity contribution in [1.29, 1.82) is 0 Å². The highest BCUT2D eigenvalue weighted by Gasteiger charge is 2.21. The van der Waals surface area contributed by atoms with Crippen LogP contribution >= 0.6 is 0 Å². The predicted molar refractivity (Wildman–Crippen MR) is 174 cm³/mol. The average molecular weight is 537 g/mol. The van der Waals surface area contributed by atoms with E-state index in [1.165, 1.54) is 21.7 Å². The maximum Gasteiger partial charge on any atom is 0.149 e. The number of rotatable bonds is 3. The number of aromatic nitrogens is 2. The molecule has 9 rings (SSSR count). The molecular weight excluding hydrogens is 512 g/mol. The van der Waals surface area contributed by atoms with E-state index in [0.717, 1.165) is 61.0 Å². The molecule has 0 aliphatic carbocycles. The van der Waals surface area contributed by atoms with Crippen LogP contribution in [0, 0.1) is 0 Å². The third kappa shape index (κ3) is 3.37. The molecule has 0 aliphatic heterocycles. The highest BCUT2D eigenvalue weighted by molar-refractivity contribution is 6.17. The summed E-state index contributed by atoms with van der Waals surface area (Å²) in [4.78, 5) is 5.42. The van der Waals surface area contributed by atoms with E-state index in [4.69, 9.17) is 9.40 Å². The zero-order valence-electron chi connectivity index (χ0n) is 22.7. The van der Waals surface area contributed by atoms with Crippen LogP contribution < -0.4 is 0 Å². The first-order chi connectivity index (χ1) is 20.8. The Morgan fingerprint density at radius 2 is 1.24 bits per heavy atom. The number of fused-ring (bicyclic) bond motifs is 8. The van der Waals surface area contributed by atoms with Gasteiger partial charge in [-0.1, -0.05) is 115 Å². The molecule has 42 heavy (non-hydrogen) atoms. The first-order valence-electron chi connectivity index (χ1n) is 14.2. The van der Waals surface area contributed by atoms with Gasteiger partial charge < -0.3 is 4.42 Å². The SMILES string of the molecule is c1ccc(-c2cccc(-n3c(-c4cccc5c4oc4ccccc45)nc4c5ccc6ccccc6c5ccc43)c2)cc1. The molecule has 0 bridgehead atoms. The molecule has 2 aromatic heterocycles. The number of nitrogens with zero attached hydrogens (tertiary/aromatic N) is 2. The lowest BCUT2D eigenvalue weighted by Crippen LogP contribution is -1.98. The van der Waals surface area contributed by atoms with Gasteiger partial charge >= 0.3 is 0 Å². The van der Waals surface area contributed by atoms with Crippen LogP contribution in [0.15, 0.2) is 150 Å². The van der Waals surface area contributed by atoms with Crippen molar-refractivity contribution in [2.75, 3.05) is 0 Å². The highest BCUT2D eigenvalue weighted by Crippen LogP contribution is 2.40. The van der Waals surface area contributed by atoms with Gasteiger partial charge in [-0.05, 0) is 57.6 Å². The van der Waals surface area contributed by atoms with E-state index in [9.17, 15) is 0 Å². The minimum Gasteiger partial charge on any atom is -0.455 e. The minimum atomic E-state index is 0.851. The molecule has 0 amide bonds. The summed E-state index contributed by atoms with van der Waals surface area (Å²) in [5, 5.41) is 7.01. The van der Waals surface area contributed by atoms with Crippen molar-refractivity contribution in [3.63, 3.8) is 0 Å². The van der Waals surface area contributed by atoms with E-state index >= 15 is 0 Å². The zero-order valence-corrected chi connectivity index (χ0v) is 22.7. The van der Waals surface area contributed by atoms with Crippen LogP contribution in [0.4, 0.5) is 0 Å². The number of furan rings is 1. The van der Waals surface area contributed by atoms with Gasteiger partial charge in [0, 0.05) is 21.8 Å². The summed E-state index contributed by atoms with van der Waals surface area (Å²) in [7, 11) is 0. The standard InChI is InChI=1S/C39H24N2O/c1-2-10-25(11-3-1)27-13-8-14-28(24-27)41-35-23-22-30-29-15-5-4-12-26(29)20-21-32(30)37(35)40-39(41)34-18-9-17-33-31-16-6-7-19-36(31)42-38(33)34/h1-24H. The van der Waals surface area contributed by atoms with Gasteiger partial charge in [-0.3, -0.25) is 4.57 Å². The molecule has 0 saturated carbocycles. The molecule has 0 aliphatic rings. The summed E-state index contributed by atoms with van der Waals surface area (Å²) in [6, 6.07) is 51.3. The maximum absolute atomic E-state index is 6.51.